The third-order valence-corrected chi connectivity index (χ3v) is 4.10. The Morgan fingerprint density at radius 3 is 2.86 bits per heavy atom. The van der Waals surface area contributed by atoms with E-state index in [1.54, 1.807) is 13.1 Å². The van der Waals surface area contributed by atoms with Crippen molar-refractivity contribution in [1.82, 2.24) is 14.5 Å². The average Bonchev–Trinajstić information content (AvgIpc) is 2.97. The van der Waals surface area contributed by atoms with Gasteiger partial charge in [0, 0.05) is 6.20 Å². The number of ether oxygens (including phenoxy) is 1. The molecule has 7 heteroatoms. The van der Waals surface area contributed by atoms with Crippen LogP contribution in [0.25, 0.3) is 11.0 Å². The Morgan fingerprint density at radius 2 is 2.27 bits per heavy atom. The van der Waals surface area contributed by atoms with Gasteiger partial charge >= 0.3 is 0 Å². The Kier molecular flexibility index (Phi) is 3.40. The Labute approximate surface area is 126 Å². The molecular formula is C15H16FN3O3. The van der Waals surface area contributed by atoms with Crippen molar-refractivity contribution in [3.63, 3.8) is 0 Å². The maximum absolute atomic E-state index is 14.9. The topological polar surface area (TPSA) is 80.4 Å². The van der Waals surface area contributed by atoms with Crippen LogP contribution in [0.4, 0.5) is 4.39 Å². The highest BCUT2D eigenvalue weighted by Gasteiger charge is 2.55. The molecule has 3 rings (SSSR count). The first-order chi connectivity index (χ1) is 10.4. The van der Waals surface area contributed by atoms with E-state index < -0.39 is 30.7 Å². The van der Waals surface area contributed by atoms with Crippen LogP contribution in [0, 0.1) is 19.3 Å². The molecule has 0 bridgehead atoms. The van der Waals surface area contributed by atoms with Gasteiger partial charge in [-0.2, -0.15) is 0 Å². The van der Waals surface area contributed by atoms with Gasteiger partial charge in [0.15, 0.2) is 11.9 Å². The third kappa shape index (κ3) is 1.92. The monoisotopic (exact) mass is 305 g/mol. The van der Waals surface area contributed by atoms with Crippen molar-refractivity contribution < 1.29 is 19.3 Å². The number of aryl methyl sites for hydroxylation is 1. The number of terminal acetylenes is 1. The number of rotatable bonds is 2. The Hall–Kier alpha value is -2.01. The van der Waals surface area contributed by atoms with Crippen molar-refractivity contribution >= 4 is 11.0 Å². The fourth-order valence-corrected chi connectivity index (χ4v) is 2.89. The second-order valence-electron chi connectivity index (χ2n) is 5.56. The summed E-state index contributed by atoms with van der Waals surface area (Å²) in [5, 5.41) is 19.9. The molecule has 0 unspecified atom stereocenters. The maximum Gasteiger partial charge on any atom is 0.181 e. The summed E-state index contributed by atoms with van der Waals surface area (Å²) in [7, 11) is 0. The van der Waals surface area contributed by atoms with Crippen molar-refractivity contribution in [2.45, 2.75) is 38.0 Å². The summed E-state index contributed by atoms with van der Waals surface area (Å²) < 4.78 is 21.9. The minimum absolute atomic E-state index is 0.431. The molecule has 0 aliphatic carbocycles. The summed E-state index contributed by atoms with van der Waals surface area (Å²) in [5.41, 5.74) is -0.464. The van der Waals surface area contributed by atoms with Crippen LogP contribution in [0.3, 0.4) is 0 Å². The molecule has 116 valence electrons. The number of aliphatic hydroxyl groups is 2. The van der Waals surface area contributed by atoms with Crippen LogP contribution in [-0.2, 0) is 4.74 Å². The first-order valence-electron chi connectivity index (χ1n) is 6.83. The molecule has 2 aromatic rings. The molecule has 0 aromatic carbocycles. The van der Waals surface area contributed by atoms with E-state index >= 15 is 0 Å². The highest BCUT2D eigenvalue weighted by Crippen LogP contribution is 2.43. The van der Waals surface area contributed by atoms with Gasteiger partial charge in [0.25, 0.3) is 0 Å². The van der Waals surface area contributed by atoms with Crippen molar-refractivity contribution in [1.29, 1.82) is 0 Å². The van der Waals surface area contributed by atoms with Gasteiger partial charge < -0.3 is 19.5 Å². The molecule has 4 atom stereocenters. The van der Waals surface area contributed by atoms with Gasteiger partial charge in [-0.15, -0.1) is 6.42 Å². The lowest BCUT2D eigenvalue weighted by atomic mass is 9.98. The van der Waals surface area contributed by atoms with Crippen molar-refractivity contribution in [2.75, 3.05) is 6.61 Å². The molecule has 1 aliphatic rings. The predicted molar refractivity (Wildman–Crippen MR) is 76.7 cm³/mol. The largest absolute Gasteiger partial charge is 0.394 e. The van der Waals surface area contributed by atoms with Crippen LogP contribution in [-0.4, -0.2) is 49.2 Å². The van der Waals surface area contributed by atoms with Crippen LogP contribution < -0.4 is 0 Å². The SMILES string of the molecule is C#Cc1cn([C@@H]2O[C@H](CO)[C@@H](O)[C@@]2(C)F)c2ncnc(C)c12. The second kappa shape index (κ2) is 5.02. The smallest absolute Gasteiger partial charge is 0.181 e. The van der Waals surface area contributed by atoms with Crippen LogP contribution in [0.15, 0.2) is 12.5 Å². The van der Waals surface area contributed by atoms with Gasteiger partial charge in [0.05, 0.1) is 23.3 Å². The Morgan fingerprint density at radius 1 is 1.55 bits per heavy atom. The van der Waals surface area contributed by atoms with Crippen LogP contribution in [0.2, 0.25) is 0 Å². The molecule has 3 heterocycles. The number of hydrogen-bond donors (Lipinski definition) is 2. The average molecular weight is 305 g/mol. The van der Waals surface area contributed by atoms with E-state index in [1.807, 2.05) is 0 Å². The Balaban J connectivity index is 2.20. The molecule has 0 radical (unpaired) electrons. The fourth-order valence-electron chi connectivity index (χ4n) is 2.89. The number of halogens is 1. The van der Waals surface area contributed by atoms with Crippen LogP contribution in [0.5, 0.6) is 0 Å². The number of aromatic nitrogens is 3. The molecule has 2 N–H and O–H groups in total. The molecular weight excluding hydrogens is 289 g/mol. The lowest BCUT2D eigenvalue weighted by molar-refractivity contribution is -0.0564. The maximum atomic E-state index is 14.9. The highest BCUT2D eigenvalue weighted by molar-refractivity contribution is 5.85. The quantitative estimate of drug-likeness (QED) is 0.798. The van der Waals surface area contributed by atoms with Crippen molar-refractivity contribution in [2.24, 2.45) is 0 Å². The van der Waals surface area contributed by atoms with E-state index in [4.69, 9.17) is 11.2 Å². The number of alkyl halides is 1. The van der Waals surface area contributed by atoms with Gasteiger partial charge in [-0.05, 0) is 13.8 Å². The zero-order chi connectivity index (χ0) is 16.1. The summed E-state index contributed by atoms with van der Waals surface area (Å²) in [6.45, 7) is 2.53. The van der Waals surface area contributed by atoms with E-state index in [0.717, 1.165) is 0 Å². The highest BCUT2D eigenvalue weighted by atomic mass is 19.1. The zero-order valence-corrected chi connectivity index (χ0v) is 12.2. The summed E-state index contributed by atoms with van der Waals surface area (Å²) in [4.78, 5) is 8.26. The number of fused-ring (bicyclic) bond motifs is 1. The van der Waals surface area contributed by atoms with E-state index in [0.29, 0.717) is 22.3 Å². The molecule has 0 spiro atoms. The molecule has 22 heavy (non-hydrogen) atoms. The fraction of sp³-hybridized carbons (Fsp3) is 0.467. The lowest BCUT2D eigenvalue weighted by Crippen LogP contribution is -2.40. The zero-order valence-electron chi connectivity index (χ0n) is 12.2. The van der Waals surface area contributed by atoms with E-state index in [1.165, 1.54) is 17.8 Å². The Bertz CT molecular complexity index is 765. The third-order valence-electron chi connectivity index (χ3n) is 4.10. The van der Waals surface area contributed by atoms with E-state index in [9.17, 15) is 14.6 Å². The van der Waals surface area contributed by atoms with Gasteiger partial charge in [-0.1, -0.05) is 5.92 Å². The first kappa shape index (κ1) is 14.9. The van der Waals surface area contributed by atoms with Gasteiger partial charge in [-0.25, -0.2) is 14.4 Å². The molecule has 0 saturated carbocycles. The predicted octanol–water partition coefficient (Wildman–Crippen LogP) is 0.700. The lowest BCUT2D eigenvalue weighted by Gasteiger charge is -2.25. The molecule has 1 aliphatic heterocycles. The van der Waals surface area contributed by atoms with Crippen molar-refractivity contribution in [3.05, 3.63) is 23.8 Å². The summed E-state index contributed by atoms with van der Waals surface area (Å²) >= 11 is 0. The van der Waals surface area contributed by atoms with E-state index in [-0.39, 0.29) is 0 Å². The molecule has 1 fully saturated rings. The second-order valence-corrected chi connectivity index (χ2v) is 5.56. The molecule has 1 saturated heterocycles. The minimum Gasteiger partial charge on any atom is -0.394 e. The van der Waals surface area contributed by atoms with Crippen LogP contribution >= 0.6 is 0 Å². The summed E-state index contributed by atoms with van der Waals surface area (Å²) in [6.07, 6.45) is 4.83. The summed E-state index contributed by atoms with van der Waals surface area (Å²) in [5.74, 6) is 2.53. The van der Waals surface area contributed by atoms with Gasteiger partial charge in [0.1, 0.15) is 24.2 Å². The number of aliphatic hydroxyl groups excluding tert-OH is 2. The molecule has 6 nitrogen and oxygen atoms in total. The van der Waals surface area contributed by atoms with Crippen molar-refractivity contribution in [3.8, 4) is 12.3 Å². The minimum atomic E-state index is -2.09. The van der Waals surface area contributed by atoms with E-state index in [2.05, 4.69) is 15.9 Å². The van der Waals surface area contributed by atoms with Crippen LogP contribution in [0.1, 0.15) is 24.4 Å². The first-order valence-corrected chi connectivity index (χ1v) is 6.83. The number of hydrogen-bond acceptors (Lipinski definition) is 5. The standard InChI is InChI=1S/C15H16FN3O3/c1-4-9-5-19(13-11(9)8(2)17-7-18-13)14-15(3,16)12(21)10(6-20)22-14/h1,5,7,10,12,14,20-21H,6H2,2-3H3/t10-,12-,14-,15-/m1/s1. The normalized spacial score (nSPS) is 31.5. The van der Waals surface area contributed by atoms with Gasteiger partial charge in [-0.3, -0.25) is 0 Å². The molecule has 0 amide bonds. The molecule has 2 aromatic heterocycles. The number of nitrogens with zero attached hydrogens (tertiary/aromatic N) is 3. The summed E-state index contributed by atoms with van der Waals surface area (Å²) in [6, 6.07) is 0. The van der Waals surface area contributed by atoms with Gasteiger partial charge in [0.2, 0.25) is 0 Å².